The van der Waals surface area contributed by atoms with Gasteiger partial charge in [-0.25, -0.2) is 9.37 Å². The summed E-state index contributed by atoms with van der Waals surface area (Å²) in [6.07, 6.45) is 0. The van der Waals surface area contributed by atoms with Gasteiger partial charge in [-0.3, -0.25) is 0 Å². The van der Waals surface area contributed by atoms with Crippen LogP contribution in [0.25, 0.3) is 10.9 Å². The first-order chi connectivity index (χ1) is 6.61. The molecular formula is C10H6BrClFN. The molecular weight excluding hydrogens is 268 g/mol. The number of pyridine rings is 1. The Balaban J connectivity index is 2.98. The molecule has 4 heteroatoms. The lowest BCUT2D eigenvalue weighted by Crippen LogP contribution is -1.90. The van der Waals surface area contributed by atoms with Crippen LogP contribution in [-0.4, -0.2) is 4.98 Å². The molecule has 0 radical (unpaired) electrons. The molecule has 2 aromatic rings. The minimum absolute atomic E-state index is 0.331. The van der Waals surface area contributed by atoms with Gasteiger partial charge in [0.25, 0.3) is 0 Å². The van der Waals surface area contributed by atoms with E-state index in [0.29, 0.717) is 26.1 Å². The Kier molecular flexibility index (Phi) is 2.45. The summed E-state index contributed by atoms with van der Waals surface area (Å²) in [6, 6.07) is 4.80. The quantitative estimate of drug-likeness (QED) is 0.705. The Morgan fingerprint density at radius 2 is 2.14 bits per heavy atom. The monoisotopic (exact) mass is 273 g/mol. The van der Waals surface area contributed by atoms with Crippen molar-refractivity contribution in [1.29, 1.82) is 0 Å². The molecule has 0 aliphatic heterocycles. The van der Waals surface area contributed by atoms with E-state index in [0.717, 1.165) is 0 Å². The number of nitrogens with zero attached hydrogens (tertiary/aromatic N) is 1. The third-order valence-corrected chi connectivity index (χ3v) is 3.53. The van der Waals surface area contributed by atoms with Crippen molar-refractivity contribution in [2.24, 2.45) is 0 Å². The fourth-order valence-electron chi connectivity index (χ4n) is 1.30. The molecule has 1 nitrogen and oxygen atoms in total. The van der Waals surface area contributed by atoms with Crippen LogP contribution in [0, 0.1) is 12.7 Å². The molecule has 14 heavy (non-hydrogen) atoms. The average Bonchev–Trinajstić information content (AvgIpc) is 2.17. The molecule has 1 aromatic heterocycles. The van der Waals surface area contributed by atoms with Crippen LogP contribution in [0.3, 0.4) is 0 Å². The van der Waals surface area contributed by atoms with E-state index >= 15 is 0 Å². The SMILES string of the molecule is Cc1nc2c(F)cccc2c(Br)c1Cl. The molecule has 0 aliphatic rings. The van der Waals surface area contributed by atoms with E-state index in [1.54, 1.807) is 19.1 Å². The maximum absolute atomic E-state index is 13.4. The van der Waals surface area contributed by atoms with E-state index < -0.39 is 0 Å². The predicted octanol–water partition coefficient (Wildman–Crippen LogP) is 4.10. The zero-order valence-corrected chi connectivity index (χ0v) is 9.66. The highest BCUT2D eigenvalue weighted by atomic mass is 79.9. The van der Waals surface area contributed by atoms with E-state index in [4.69, 9.17) is 11.6 Å². The van der Waals surface area contributed by atoms with Crippen LogP contribution in [0.15, 0.2) is 22.7 Å². The zero-order chi connectivity index (χ0) is 10.3. The van der Waals surface area contributed by atoms with Crippen molar-refractivity contribution in [2.75, 3.05) is 0 Å². The van der Waals surface area contributed by atoms with Gasteiger partial charge in [-0.2, -0.15) is 0 Å². The first-order valence-corrected chi connectivity index (χ1v) is 5.18. The van der Waals surface area contributed by atoms with Crippen molar-refractivity contribution in [3.05, 3.63) is 39.2 Å². The van der Waals surface area contributed by atoms with Crippen molar-refractivity contribution in [1.82, 2.24) is 4.98 Å². The van der Waals surface area contributed by atoms with E-state index in [1.165, 1.54) is 6.07 Å². The molecule has 1 aromatic carbocycles. The smallest absolute Gasteiger partial charge is 0.149 e. The predicted molar refractivity (Wildman–Crippen MR) is 59.1 cm³/mol. The molecule has 0 unspecified atom stereocenters. The van der Waals surface area contributed by atoms with Crippen LogP contribution >= 0.6 is 27.5 Å². The van der Waals surface area contributed by atoms with E-state index in [1.807, 2.05) is 0 Å². The summed E-state index contributed by atoms with van der Waals surface area (Å²) in [4.78, 5) is 4.10. The molecule has 0 saturated heterocycles. The average molecular weight is 275 g/mol. The largest absolute Gasteiger partial charge is 0.248 e. The van der Waals surface area contributed by atoms with Crippen LogP contribution in [0.5, 0.6) is 0 Å². The number of halogens is 3. The molecule has 0 spiro atoms. The summed E-state index contributed by atoms with van der Waals surface area (Å²) in [5, 5.41) is 1.23. The van der Waals surface area contributed by atoms with Gasteiger partial charge in [0, 0.05) is 9.86 Å². The lowest BCUT2D eigenvalue weighted by atomic mass is 10.2. The third kappa shape index (κ3) is 1.41. The van der Waals surface area contributed by atoms with Gasteiger partial charge in [0.1, 0.15) is 11.3 Å². The Morgan fingerprint density at radius 1 is 1.43 bits per heavy atom. The lowest BCUT2D eigenvalue weighted by Gasteiger charge is -2.05. The Hall–Kier alpha value is -0.670. The standard InChI is InChI=1S/C10H6BrClFN/c1-5-9(12)8(11)6-3-2-4-7(13)10(6)14-5/h2-4H,1H3. The highest BCUT2D eigenvalue weighted by Crippen LogP contribution is 2.32. The normalized spacial score (nSPS) is 10.9. The molecule has 72 valence electrons. The summed E-state index contributed by atoms with van der Waals surface area (Å²) in [6.45, 7) is 1.75. The van der Waals surface area contributed by atoms with Crippen LogP contribution in [0.1, 0.15) is 5.69 Å². The summed E-state index contributed by atoms with van der Waals surface area (Å²) in [7, 11) is 0. The fraction of sp³-hybridized carbons (Fsp3) is 0.100. The summed E-state index contributed by atoms with van der Waals surface area (Å²) < 4.78 is 14.0. The Bertz CT molecular complexity index is 513. The number of fused-ring (bicyclic) bond motifs is 1. The van der Waals surface area contributed by atoms with Gasteiger partial charge >= 0.3 is 0 Å². The van der Waals surface area contributed by atoms with Gasteiger partial charge < -0.3 is 0 Å². The van der Waals surface area contributed by atoms with Crippen LogP contribution in [0.2, 0.25) is 5.02 Å². The first kappa shape index (κ1) is 9.87. The molecule has 0 N–H and O–H groups in total. The second kappa shape index (κ2) is 3.48. The number of rotatable bonds is 0. The molecule has 0 aliphatic carbocycles. The van der Waals surface area contributed by atoms with Crippen molar-refractivity contribution >= 4 is 38.4 Å². The van der Waals surface area contributed by atoms with Crippen LogP contribution < -0.4 is 0 Å². The van der Waals surface area contributed by atoms with Gasteiger partial charge in [0.2, 0.25) is 0 Å². The molecule has 0 fully saturated rings. The number of aryl methyl sites for hydroxylation is 1. The highest BCUT2D eigenvalue weighted by molar-refractivity contribution is 9.10. The first-order valence-electron chi connectivity index (χ1n) is 4.01. The van der Waals surface area contributed by atoms with Crippen LogP contribution in [-0.2, 0) is 0 Å². The lowest BCUT2D eigenvalue weighted by molar-refractivity contribution is 0.636. The van der Waals surface area contributed by atoms with Crippen LogP contribution in [0.4, 0.5) is 4.39 Å². The molecule has 2 rings (SSSR count). The van der Waals surface area contributed by atoms with Gasteiger partial charge in [0.15, 0.2) is 0 Å². The van der Waals surface area contributed by atoms with Crippen molar-refractivity contribution < 1.29 is 4.39 Å². The maximum Gasteiger partial charge on any atom is 0.149 e. The van der Waals surface area contributed by atoms with E-state index in [-0.39, 0.29) is 5.82 Å². The number of benzene rings is 1. The highest BCUT2D eigenvalue weighted by Gasteiger charge is 2.10. The molecule has 0 saturated carbocycles. The second-order valence-electron chi connectivity index (χ2n) is 2.96. The minimum Gasteiger partial charge on any atom is -0.248 e. The number of aromatic nitrogens is 1. The number of hydrogen-bond acceptors (Lipinski definition) is 1. The summed E-state index contributed by atoms with van der Waals surface area (Å²) >= 11 is 9.30. The van der Waals surface area contributed by atoms with Crippen molar-refractivity contribution in [2.45, 2.75) is 6.92 Å². The van der Waals surface area contributed by atoms with Gasteiger partial charge in [-0.15, -0.1) is 0 Å². The minimum atomic E-state index is -0.331. The topological polar surface area (TPSA) is 12.9 Å². The van der Waals surface area contributed by atoms with Crippen molar-refractivity contribution in [3.8, 4) is 0 Å². The number of hydrogen-bond donors (Lipinski definition) is 0. The zero-order valence-electron chi connectivity index (χ0n) is 7.31. The third-order valence-electron chi connectivity index (χ3n) is 2.01. The summed E-state index contributed by atoms with van der Waals surface area (Å²) in [5.41, 5.74) is 0.970. The summed E-state index contributed by atoms with van der Waals surface area (Å²) in [5.74, 6) is -0.331. The van der Waals surface area contributed by atoms with Gasteiger partial charge in [0.05, 0.1) is 10.7 Å². The second-order valence-corrected chi connectivity index (χ2v) is 4.13. The van der Waals surface area contributed by atoms with Gasteiger partial charge in [-0.05, 0) is 28.9 Å². The molecule has 1 heterocycles. The van der Waals surface area contributed by atoms with Crippen molar-refractivity contribution in [3.63, 3.8) is 0 Å². The maximum atomic E-state index is 13.4. The van der Waals surface area contributed by atoms with Gasteiger partial charge in [-0.1, -0.05) is 23.7 Å². The molecule has 0 amide bonds. The van der Waals surface area contributed by atoms with E-state index in [2.05, 4.69) is 20.9 Å². The molecule has 0 bridgehead atoms. The number of para-hydroxylation sites is 1. The Morgan fingerprint density at radius 3 is 2.86 bits per heavy atom. The Labute approximate surface area is 94.0 Å². The molecule has 0 atom stereocenters. The fourth-order valence-corrected chi connectivity index (χ4v) is 2.05. The van der Waals surface area contributed by atoms with E-state index in [9.17, 15) is 4.39 Å².